The van der Waals surface area contributed by atoms with E-state index in [1.807, 2.05) is 25.2 Å². The number of nitrogens with one attached hydrogen (secondary N) is 5. The second-order valence-electron chi connectivity index (χ2n) is 19.7. The lowest BCUT2D eigenvalue weighted by atomic mass is 9.85. The zero-order chi connectivity index (χ0) is 47.1. The van der Waals surface area contributed by atoms with E-state index in [-0.39, 0.29) is 36.6 Å². The van der Waals surface area contributed by atoms with Crippen LogP contribution in [0.3, 0.4) is 0 Å². The molecule has 1 saturated heterocycles. The first-order valence-corrected chi connectivity index (χ1v) is 24.3. The molecule has 10 nitrogen and oxygen atoms in total. The predicted octanol–water partition coefficient (Wildman–Crippen LogP) is 11.1. The number of carbonyl (C=O) groups excluding carboxylic acids is 3. The number of ether oxygens (including phenoxy) is 2. The number of ketones is 1. The molecule has 0 amide bonds. The van der Waals surface area contributed by atoms with Crippen molar-refractivity contribution in [3.05, 3.63) is 96.5 Å². The van der Waals surface area contributed by atoms with Gasteiger partial charge in [0, 0.05) is 74.1 Å². The first kappa shape index (κ1) is 49.1. The van der Waals surface area contributed by atoms with Gasteiger partial charge in [0.05, 0.1) is 5.69 Å². The van der Waals surface area contributed by atoms with Gasteiger partial charge in [-0.05, 0) is 118 Å². The third-order valence-electron chi connectivity index (χ3n) is 14.5. The molecular weight excluding hydrogens is 811 g/mol. The van der Waals surface area contributed by atoms with Crippen LogP contribution in [0.4, 0.5) is 0 Å². The van der Waals surface area contributed by atoms with Gasteiger partial charge >= 0.3 is 11.9 Å². The molecule has 1 aliphatic carbocycles. The highest BCUT2D eigenvalue weighted by atomic mass is 16.5. The quantitative estimate of drug-likeness (QED) is 0.0236. The van der Waals surface area contributed by atoms with Gasteiger partial charge < -0.3 is 29.7 Å². The number of aromatic nitrogens is 3. The van der Waals surface area contributed by atoms with E-state index in [0.717, 1.165) is 92.4 Å². The highest BCUT2D eigenvalue weighted by molar-refractivity contribution is 6.25. The maximum Gasteiger partial charge on any atom is 0.327 e. The minimum absolute atomic E-state index is 0.133. The zero-order valence-corrected chi connectivity index (χ0v) is 40.9. The van der Waals surface area contributed by atoms with Crippen molar-refractivity contribution >= 4 is 54.0 Å². The van der Waals surface area contributed by atoms with E-state index in [1.165, 1.54) is 50.5 Å². The number of Topliss-reactive ketones (excluding diaryl/α,β-unsaturated/α-hetero) is 1. The van der Waals surface area contributed by atoms with Crippen LogP contribution in [0.5, 0.6) is 0 Å². The van der Waals surface area contributed by atoms with Gasteiger partial charge in [-0.2, -0.15) is 0 Å². The summed E-state index contributed by atoms with van der Waals surface area (Å²) >= 11 is 0. The van der Waals surface area contributed by atoms with Crippen LogP contribution in [-0.4, -0.2) is 45.7 Å². The fourth-order valence-corrected chi connectivity index (χ4v) is 10.4. The topological polar surface area (TPSA) is 153 Å². The summed E-state index contributed by atoms with van der Waals surface area (Å²) in [6, 6.07) is 0. The van der Waals surface area contributed by atoms with Crippen LogP contribution >= 0.6 is 0 Å². The van der Waals surface area contributed by atoms with E-state index in [2.05, 4.69) is 101 Å². The first-order valence-electron chi connectivity index (χ1n) is 24.3. The molecule has 10 heteroatoms. The Labute approximate surface area is 387 Å². The third kappa shape index (κ3) is 11.0. The molecule has 0 unspecified atom stereocenters. The normalized spacial score (nSPS) is 21.8. The number of aromatic amines is 3. The molecule has 0 radical (unpaired) electrons. The molecule has 0 saturated carbocycles. The zero-order valence-electron chi connectivity index (χ0n) is 40.9. The molecule has 350 valence electrons. The molecule has 5 atom stereocenters. The molecule has 3 aromatic heterocycles. The molecule has 5 N–H and O–H groups in total. The van der Waals surface area contributed by atoms with Crippen LogP contribution in [0, 0.1) is 61.7 Å². The molecule has 0 spiro atoms. The van der Waals surface area contributed by atoms with E-state index >= 15 is 0 Å². The molecule has 65 heavy (non-hydrogen) atoms. The molecule has 6 rings (SSSR count). The summed E-state index contributed by atoms with van der Waals surface area (Å²) < 4.78 is 10.9. The molecule has 3 aromatic rings. The van der Waals surface area contributed by atoms with E-state index < -0.39 is 11.9 Å². The summed E-state index contributed by atoms with van der Waals surface area (Å²) in [6.07, 6.45) is 23.4. The van der Waals surface area contributed by atoms with Gasteiger partial charge in [0.25, 0.3) is 0 Å². The Morgan fingerprint density at radius 3 is 2.17 bits per heavy atom. The fraction of sp³-hybridized carbons (Fsp3) is 0.527. The van der Waals surface area contributed by atoms with Crippen molar-refractivity contribution in [1.82, 2.24) is 20.3 Å². The van der Waals surface area contributed by atoms with Gasteiger partial charge in [0.2, 0.25) is 0 Å². The number of fused-ring (bicyclic) bond motifs is 7. The number of rotatable bonds is 21. The third-order valence-corrected chi connectivity index (χ3v) is 14.5. The maximum absolute atomic E-state index is 14.5. The van der Waals surface area contributed by atoms with Crippen LogP contribution in [0.1, 0.15) is 180 Å². The molecule has 1 fully saturated rings. The Morgan fingerprint density at radius 2 is 1.51 bits per heavy atom. The number of carbonyl (C=O) groups is 3. The van der Waals surface area contributed by atoms with Crippen LogP contribution in [-0.2, 0) is 25.5 Å². The highest BCUT2D eigenvalue weighted by Gasteiger charge is 2.48. The highest BCUT2D eigenvalue weighted by Crippen LogP contribution is 2.48. The number of allylic oxidation sites excluding steroid dienone is 3. The van der Waals surface area contributed by atoms with Gasteiger partial charge in [-0.15, -0.1) is 0 Å². The van der Waals surface area contributed by atoms with Crippen LogP contribution in [0.25, 0.3) is 29.9 Å². The molecule has 0 aromatic carbocycles. The van der Waals surface area contributed by atoms with Gasteiger partial charge in [0.15, 0.2) is 12.2 Å². The fourth-order valence-electron chi connectivity index (χ4n) is 10.4. The second-order valence-corrected chi connectivity index (χ2v) is 19.7. The lowest BCUT2D eigenvalue weighted by molar-refractivity contribution is -0.142. The Kier molecular flexibility index (Phi) is 16.4. The van der Waals surface area contributed by atoms with Gasteiger partial charge in [-0.3, -0.25) is 19.8 Å². The lowest BCUT2D eigenvalue weighted by Gasteiger charge is -2.19. The standard InChI is InChI=1S/C55H75N5O5/c1-12-39-35(8)42-27-44-37(10)41(23-24-48(61)64-26-25-34(7)22-16-21-33(6)20-15-19-32(5)18-14-17-31(3)4)52(59-44)50-51(55(63)65-30-56)54(62)49-38(11)45(60-53(49)50)29-47-40(13-2)36(9)43(58-47)28-46(39)57-42/h12,25,27-33,37,41,51,56-60H,1,13-24,26H2,2-11H3/b34-25+,43-28-,44-27-,47-29-,52-50-,56-30?/t32-,33-,37+,41+,51-/m1/s1. The van der Waals surface area contributed by atoms with Crippen molar-refractivity contribution in [2.24, 2.45) is 35.5 Å². The summed E-state index contributed by atoms with van der Waals surface area (Å²) in [5.41, 5.74) is 11.9. The van der Waals surface area contributed by atoms with E-state index in [0.29, 0.717) is 41.3 Å². The van der Waals surface area contributed by atoms with Gasteiger partial charge in [-0.1, -0.05) is 105 Å². The SMILES string of the molecule is C=Cc1c2[nH]c(c1C)/C=C1\N/C(=C3\c4[nH]c(c(C)c4C(=O)[C@@H]3C(=O)OC=N)/C=c3\[nH]/c(c(C)c3CC)=C\2)[C@@H](CCC(=O)OC/C=C(\C)CCC[C@H](C)CCC[C@H](C)CCCC(C)C)[C@@H]1C. The number of H-pyrrole nitrogens is 3. The molecule has 8 bridgehead atoms. The number of hydrogen-bond acceptors (Lipinski definition) is 7. The van der Waals surface area contributed by atoms with Crippen molar-refractivity contribution in [3.8, 4) is 0 Å². The van der Waals surface area contributed by atoms with Crippen molar-refractivity contribution in [1.29, 1.82) is 5.41 Å². The average Bonchev–Trinajstić information content (AvgIpc) is 4.00. The maximum atomic E-state index is 14.5. The summed E-state index contributed by atoms with van der Waals surface area (Å²) in [6.45, 7) is 26.2. The van der Waals surface area contributed by atoms with E-state index in [4.69, 9.17) is 14.9 Å². The van der Waals surface area contributed by atoms with Crippen LogP contribution in [0.2, 0.25) is 0 Å². The average molecular weight is 886 g/mol. The predicted molar refractivity (Wildman–Crippen MR) is 264 cm³/mol. The van der Waals surface area contributed by atoms with E-state index in [9.17, 15) is 14.4 Å². The Hall–Kier alpha value is -5.38. The van der Waals surface area contributed by atoms with Crippen molar-refractivity contribution in [2.45, 2.75) is 146 Å². The summed E-state index contributed by atoms with van der Waals surface area (Å²) in [4.78, 5) is 52.5. The smallest absolute Gasteiger partial charge is 0.327 e. The van der Waals surface area contributed by atoms with Crippen molar-refractivity contribution in [3.63, 3.8) is 0 Å². The molecular formula is C55H75N5O5. The lowest BCUT2D eigenvalue weighted by Crippen LogP contribution is -2.25. The van der Waals surface area contributed by atoms with Gasteiger partial charge in [-0.25, -0.2) is 0 Å². The molecule has 5 heterocycles. The summed E-state index contributed by atoms with van der Waals surface area (Å²) in [5.74, 6) is -0.875. The second kappa shape index (κ2) is 21.7. The Morgan fingerprint density at radius 1 is 0.846 bits per heavy atom. The van der Waals surface area contributed by atoms with Crippen LogP contribution in [0.15, 0.2) is 29.6 Å². The minimum Gasteiger partial charge on any atom is -0.461 e. The first-order chi connectivity index (χ1) is 31.1. The van der Waals surface area contributed by atoms with Gasteiger partial charge in [0.1, 0.15) is 12.5 Å². The summed E-state index contributed by atoms with van der Waals surface area (Å²) in [7, 11) is 0. The van der Waals surface area contributed by atoms with Crippen molar-refractivity contribution in [2.75, 3.05) is 6.61 Å². The largest absolute Gasteiger partial charge is 0.461 e. The van der Waals surface area contributed by atoms with E-state index in [1.54, 1.807) is 0 Å². The molecule has 3 aliphatic rings. The summed E-state index contributed by atoms with van der Waals surface area (Å²) in [5, 5.41) is 13.2. The Bertz CT molecular complexity index is 2500. The monoisotopic (exact) mass is 886 g/mol. The number of hydrogen-bond donors (Lipinski definition) is 5. The van der Waals surface area contributed by atoms with Crippen molar-refractivity contribution < 1.29 is 23.9 Å². The van der Waals surface area contributed by atoms with Crippen LogP contribution < -0.4 is 16.0 Å². The minimum atomic E-state index is -1.29. The Balaban J connectivity index is 1.23. The molecule has 2 aliphatic heterocycles. The number of esters is 2.